The third-order valence-corrected chi connectivity index (χ3v) is 5.21. The van der Waals surface area contributed by atoms with Crippen molar-refractivity contribution in [2.75, 3.05) is 18.0 Å². The van der Waals surface area contributed by atoms with Gasteiger partial charge in [-0.1, -0.05) is 29.3 Å². The van der Waals surface area contributed by atoms with Gasteiger partial charge in [-0.3, -0.25) is 19.4 Å². The molecule has 1 heterocycles. The van der Waals surface area contributed by atoms with Crippen molar-refractivity contribution in [1.82, 2.24) is 10.2 Å². The van der Waals surface area contributed by atoms with Crippen LogP contribution in [0.2, 0.25) is 0 Å². The lowest BCUT2D eigenvalue weighted by Gasteiger charge is -2.19. The Morgan fingerprint density at radius 1 is 1.19 bits per heavy atom. The molecule has 0 aromatic heterocycles. The average Bonchev–Trinajstić information content (AvgIpc) is 2.87. The fraction of sp³-hybridized carbons (Fsp3) is 0.476. The Hall–Kier alpha value is -2.63. The summed E-state index contributed by atoms with van der Waals surface area (Å²) in [6.45, 7) is 3.96. The van der Waals surface area contributed by atoms with Crippen molar-refractivity contribution in [3.8, 4) is 0 Å². The van der Waals surface area contributed by atoms with Crippen LogP contribution in [0.1, 0.15) is 44.6 Å². The summed E-state index contributed by atoms with van der Waals surface area (Å²) in [5, 5.41) is 2.83. The minimum Gasteiger partial charge on any atom is -0.354 e. The number of carbonyl (C=O) groups is 3. The lowest BCUT2D eigenvalue weighted by Crippen LogP contribution is -2.41. The van der Waals surface area contributed by atoms with Crippen LogP contribution in [-0.2, 0) is 9.59 Å². The third kappa shape index (κ3) is 4.38. The summed E-state index contributed by atoms with van der Waals surface area (Å²) in [4.78, 5) is 39.9. The van der Waals surface area contributed by atoms with E-state index in [4.69, 9.17) is 0 Å². The summed E-state index contributed by atoms with van der Waals surface area (Å²) in [6.07, 6.45) is 7.76. The maximum atomic E-state index is 12.7. The third-order valence-electron chi connectivity index (χ3n) is 5.21. The number of allylic oxidation sites excluding steroid dienone is 1. The molecule has 1 atom stereocenters. The Balaban J connectivity index is 1.56. The molecule has 1 N–H and O–H groups in total. The van der Waals surface area contributed by atoms with Crippen LogP contribution in [0.4, 0.5) is 10.5 Å². The second kappa shape index (κ2) is 8.37. The average molecular weight is 369 g/mol. The number of urea groups is 1. The molecule has 1 aromatic rings. The predicted octanol–water partition coefficient (Wildman–Crippen LogP) is 3.16. The van der Waals surface area contributed by atoms with E-state index in [-0.39, 0.29) is 18.4 Å². The van der Waals surface area contributed by atoms with Crippen LogP contribution in [0.25, 0.3) is 0 Å². The molecule has 1 aliphatic heterocycles. The highest BCUT2D eigenvalue weighted by atomic mass is 16.2. The van der Waals surface area contributed by atoms with Gasteiger partial charge in [0, 0.05) is 12.2 Å². The van der Waals surface area contributed by atoms with Crippen molar-refractivity contribution in [2.45, 2.75) is 52.0 Å². The first-order valence-corrected chi connectivity index (χ1v) is 9.63. The lowest BCUT2D eigenvalue weighted by molar-refractivity contribution is -0.131. The zero-order valence-electron chi connectivity index (χ0n) is 16.0. The standard InChI is InChI=1S/C21H27N3O3/c1-15-8-10-18(11-9-15)24-16(2)20(26)23(21(24)27)14-19(25)22-13-12-17-6-4-3-5-7-17/h6,8-11,16H,3-5,7,12-14H2,1-2H3,(H,22,25). The summed E-state index contributed by atoms with van der Waals surface area (Å²) in [5.41, 5.74) is 3.13. The van der Waals surface area contributed by atoms with Gasteiger partial charge in [0.2, 0.25) is 5.91 Å². The molecule has 6 nitrogen and oxygen atoms in total. The first kappa shape index (κ1) is 19.1. The van der Waals surface area contributed by atoms with Gasteiger partial charge >= 0.3 is 6.03 Å². The first-order chi connectivity index (χ1) is 13.0. The number of amides is 4. The molecular weight excluding hydrogens is 342 g/mol. The molecule has 0 radical (unpaired) electrons. The molecule has 1 saturated heterocycles. The lowest BCUT2D eigenvalue weighted by atomic mass is 9.97. The van der Waals surface area contributed by atoms with E-state index >= 15 is 0 Å². The normalized spacial score (nSPS) is 20.1. The van der Waals surface area contributed by atoms with Gasteiger partial charge < -0.3 is 5.32 Å². The van der Waals surface area contributed by atoms with E-state index in [1.165, 1.54) is 23.3 Å². The largest absolute Gasteiger partial charge is 0.354 e. The molecule has 1 unspecified atom stereocenters. The number of benzene rings is 1. The van der Waals surface area contributed by atoms with E-state index in [0.717, 1.165) is 29.7 Å². The number of rotatable bonds is 6. The molecule has 1 aliphatic carbocycles. The Labute approximate surface area is 160 Å². The van der Waals surface area contributed by atoms with Gasteiger partial charge in [-0.05, 0) is 58.1 Å². The summed E-state index contributed by atoms with van der Waals surface area (Å²) < 4.78 is 0. The quantitative estimate of drug-likeness (QED) is 0.619. The van der Waals surface area contributed by atoms with Gasteiger partial charge in [-0.2, -0.15) is 0 Å². The maximum absolute atomic E-state index is 12.7. The van der Waals surface area contributed by atoms with Crippen LogP contribution in [0.3, 0.4) is 0 Å². The molecule has 3 rings (SSSR count). The Morgan fingerprint density at radius 3 is 2.59 bits per heavy atom. The summed E-state index contributed by atoms with van der Waals surface area (Å²) in [6, 6.07) is 6.38. The Bertz CT molecular complexity index is 754. The molecule has 1 aromatic carbocycles. The highest BCUT2D eigenvalue weighted by Crippen LogP contribution is 2.26. The summed E-state index contributed by atoms with van der Waals surface area (Å²) in [5.74, 6) is -0.642. The van der Waals surface area contributed by atoms with Crippen LogP contribution in [0.15, 0.2) is 35.9 Å². The van der Waals surface area contributed by atoms with Crippen LogP contribution >= 0.6 is 0 Å². The van der Waals surface area contributed by atoms with Gasteiger partial charge in [-0.15, -0.1) is 0 Å². The molecule has 144 valence electrons. The van der Waals surface area contributed by atoms with Gasteiger partial charge in [-0.25, -0.2) is 4.79 Å². The predicted molar refractivity (Wildman–Crippen MR) is 104 cm³/mol. The topological polar surface area (TPSA) is 69.7 Å². The molecule has 6 heteroatoms. The summed E-state index contributed by atoms with van der Waals surface area (Å²) >= 11 is 0. The maximum Gasteiger partial charge on any atom is 0.332 e. The Kier molecular flexibility index (Phi) is 5.94. The molecule has 0 bridgehead atoms. The number of hydrogen-bond acceptors (Lipinski definition) is 3. The number of imide groups is 1. The number of carbonyl (C=O) groups excluding carboxylic acids is 3. The zero-order valence-corrected chi connectivity index (χ0v) is 16.0. The SMILES string of the molecule is Cc1ccc(N2C(=O)N(CC(=O)NCCC3=CCCCC3)C(=O)C2C)cc1. The van der Waals surface area contributed by atoms with Crippen LogP contribution in [0.5, 0.6) is 0 Å². The van der Waals surface area contributed by atoms with Crippen LogP contribution < -0.4 is 10.2 Å². The molecule has 2 aliphatic rings. The summed E-state index contributed by atoms with van der Waals surface area (Å²) in [7, 11) is 0. The van der Waals surface area contributed by atoms with E-state index in [0.29, 0.717) is 12.2 Å². The van der Waals surface area contributed by atoms with Crippen LogP contribution in [0, 0.1) is 6.92 Å². The first-order valence-electron chi connectivity index (χ1n) is 9.63. The fourth-order valence-corrected chi connectivity index (χ4v) is 3.60. The number of anilines is 1. The fourth-order valence-electron chi connectivity index (χ4n) is 3.60. The smallest absolute Gasteiger partial charge is 0.332 e. The molecule has 0 saturated carbocycles. The monoisotopic (exact) mass is 369 g/mol. The Morgan fingerprint density at radius 2 is 1.93 bits per heavy atom. The second-order valence-electron chi connectivity index (χ2n) is 7.30. The number of nitrogens with one attached hydrogen (secondary N) is 1. The van der Waals surface area contributed by atoms with Gasteiger partial charge in [0.1, 0.15) is 12.6 Å². The van der Waals surface area contributed by atoms with E-state index in [1.54, 1.807) is 6.92 Å². The van der Waals surface area contributed by atoms with Gasteiger partial charge in [0.25, 0.3) is 5.91 Å². The number of nitrogens with zero attached hydrogens (tertiary/aromatic N) is 2. The van der Waals surface area contributed by atoms with Crippen molar-refractivity contribution < 1.29 is 14.4 Å². The van der Waals surface area contributed by atoms with E-state index in [1.807, 2.05) is 31.2 Å². The van der Waals surface area contributed by atoms with Crippen molar-refractivity contribution in [1.29, 1.82) is 0 Å². The molecular formula is C21H27N3O3. The van der Waals surface area contributed by atoms with Crippen LogP contribution in [-0.4, -0.2) is 41.9 Å². The zero-order chi connectivity index (χ0) is 19.4. The van der Waals surface area contributed by atoms with E-state index in [2.05, 4.69) is 11.4 Å². The van der Waals surface area contributed by atoms with E-state index in [9.17, 15) is 14.4 Å². The highest BCUT2D eigenvalue weighted by molar-refractivity contribution is 6.15. The highest BCUT2D eigenvalue weighted by Gasteiger charge is 2.43. The second-order valence-corrected chi connectivity index (χ2v) is 7.30. The number of hydrogen-bond donors (Lipinski definition) is 1. The molecule has 27 heavy (non-hydrogen) atoms. The van der Waals surface area contributed by atoms with Crippen molar-refractivity contribution in [3.05, 3.63) is 41.5 Å². The van der Waals surface area contributed by atoms with E-state index < -0.39 is 12.1 Å². The molecule has 1 fully saturated rings. The molecule has 0 spiro atoms. The van der Waals surface area contributed by atoms with Crippen molar-refractivity contribution in [2.24, 2.45) is 0 Å². The number of aryl methyl sites for hydroxylation is 1. The van der Waals surface area contributed by atoms with Crippen molar-refractivity contribution in [3.63, 3.8) is 0 Å². The molecule has 4 amide bonds. The van der Waals surface area contributed by atoms with Gasteiger partial charge in [0.15, 0.2) is 0 Å². The van der Waals surface area contributed by atoms with Crippen molar-refractivity contribution >= 4 is 23.5 Å². The van der Waals surface area contributed by atoms with Gasteiger partial charge in [0.05, 0.1) is 0 Å². The minimum absolute atomic E-state index is 0.233. The minimum atomic E-state index is -0.611.